The highest BCUT2D eigenvalue weighted by Crippen LogP contribution is 2.24. The van der Waals surface area contributed by atoms with Gasteiger partial charge in [0.05, 0.1) is 0 Å². The Labute approximate surface area is 108 Å². The average molecular weight is 260 g/mol. The molecule has 0 aliphatic carbocycles. The molecule has 17 heavy (non-hydrogen) atoms. The summed E-state index contributed by atoms with van der Waals surface area (Å²) < 4.78 is 9.87. The molecule has 0 bridgehead atoms. The molecule has 0 N–H and O–H groups in total. The topological polar surface area (TPSA) is 35.5 Å². The second kappa shape index (κ2) is 9.65. The van der Waals surface area contributed by atoms with Gasteiger partial charge in [-0.25, -0.2) is 0 Å². The molecular formula is C13H28O3Si. The van der Waals surface area contributed by atoms with Crippen LogP contribution in [-0.4, -0.2) is 23.1 Å². The molecule has 0 aromatic rings. The van der Waals surface area contributed by atoms with E-state index in [1.165, 1.54) is 12.8 Å². The van der Waals surface area contributed by atoms with E-state index in [2.05, 4.69) is 27.7 Å². The van der Waals surface area contributed by atoms with E-state index in [1.807, 2.05) is 0 Å². The minimum Gasteiger partial charge on any atom is -0.499 e. The highest BCUT2D eigenvalue weighted by atomic mass is 28.3. The molecule has 0 rings (SSSR count). The van der Waals surface area contributed by atoms with Gasteiger partial charge in [-0.15, -0.1) is 0 Å². The lowest BCUT2D eigenvalue weighted by Gasteiger charge is -2.20. The van der Waals surface area contributed by atoms with Crippen LogP contribution in [0.25, 0.3) is 0 Å². The van der Waals surface area contributed by atoms with Crippen LogP contribution < -0.4 is 0 Å². The van der Waals surface area contributed by atoms with Crippen LogP contribution >= 0.6 is 0 Å². The van der Waals surface area contributed by atoms with Crippen LogP contribution in [0.3, 0.4) is 0 Å². The van der Waals surface area contributed by atoms with E-state index in [0.717, 1.165) is 6.42 Å². The second-order valence-corrected chi connectivity index (χ2v) is 6.69. The van der Waals surface area contributed by atoms with Gasteiger partial charge in [0.2, 0.25) is 0 Å². The second-order valence-electron chi connectivity index (χ2n) is 5.59. The van der Waals surface area contributed by atoms with E-state index in [1.54, 1.807) is 7.11 Å². The monoisotopic (exact) mass is 260 g/mol. The fourth-order valence-electron chi connectivity index (χ4n) is 2.18. The molecule has 0 atom stereocenters. The van der Waals surface area contributed by atoms with E-state index in [4.69, 9.17) is 8.85 Å². The van der Waals surface area contributed by atoms with E-state index in [-0.39, 0.29) is 5.97 Å². The molecule has 0 unspecified atom stereocenters. The first kappa shape index (κ1) is 16.6. The van der Waals surface area contributed by atoms with Crippen LogP contribution in [0.15, 0.2) is 0 Å². The summed E-state index contributed by atoms with van der Waals surface area (Å²) in [5.41, 5.74) is 0. The van der Waals surface area contributed by atoms with Crippen molar-refractivity contribution >= 4 is 16.0 Å². The number of hydrogen-bond donors (Lipinski definition) is 0. The van der Waals surface area contributed by atoms with Gasteiger partial charge in [-0.2, -0.15) is 0 Å². The van der Waals surface area contributed by atoms with Crippen LogP contribution in [0.4, 0.5) is 0 Å². The van der Waals surface area contributed by atoms with Gasteiger partial charge < -0.3 is 8.85 Å². The van der Waals surface area contributed by atoms with Gasteiger partial charge in [0.15, 0.2) is 0 Å². The first-order valence-electron chi connectivity index (χ1n) is 6.60. The lowest BCUT2D eigenvalue weighted by atomic mass is 9.86. The van der Waals surface area contributed by atoms with Crippen molar-refractivity contribution in [1.29, 1.82) is 0 Å². The Kier molecular flexibility index (Phi) is 9.45. The molecule has 3 nitrogen and oxygen atoms in total. The number of hydrogen-bond acceptors (Lipinski definition) is 3. The smallest absolute Gasteiger partial charge is 0.368 e. The minimum absolute atomic E-state index is 0.0870. The van der Waals surface area contributed by atoms with Gasteiger partial charge in [0, 0.05) is 13.5 Å². The maximum absolute atomic E-state index is 11.4. The average Bonchev–Trinajstić information content (AvgIpc) is 2.21. The molecule has 0 spiro atoms. The van der Waals surface area contributed by atoms with Gasteiger partial charge in [0.1, 0.15) is 0 Å². The van der Waals surface area contributed by atoms with E-state index in [9.17, 15) is 4.79 Å². The van der Waals surface area contributed by atoms with Gasteiger partial charge >= 0.3 is 10.0 Å². The normalized spacial score (nSPS) is 12.2. The maximum atomic E-state index is 11.4. The zero-order chi connectivity index (χ0) is 13.3. The highest BCUT2D eigenvalue weighted by Gasteiger charge is 2.15. The Bertz CT molecular complexity index is 195. The van der Waals surface area contributed by atoms with Gasteiger partial charge in [-0.1, -0.05) is 27.7 Å². The third-order valence-electron chi connectivity index (χ3n) is 2.70. The molecule has 0 amide bonds. The quantitative estimate of drug-likeness (QED) is 0.598. The van der Waals surface area contributed by atoms with Crippen molar-refractivity contribution in [2.75, 3.05) is 7.11 Å². The zero-order valence-electron chi connectivity index (χ0n) is 12.0. The van der Waals surface area contributed by atoms with E-state index >= 15 is 0 Å². The number of carbonyl (C=O) groups excluding carboxylic acids is 1. The predicted molar refractivity (Wildman–Crippen MR) is 73.3 cm³/mol. The first-order valence-corrected chi connectivity index (χ1v) is 7.75. The summed E-state index contributed by atoms with van der Waals surface area (Å²) in [6.07, 6.45) is 3.90. The fourth-order valence-corrected chi connectivity index (χ4v) is 2.58. The summed E-state index contributed by atoms with van der Waals surface area (Å²) in [5, 5.41) is 0. The molecule has 102 valence electrons. The molecule has 0 fully saturated rings. The fraction of sp³-hybridized carbons (Fsp3) is 0.923. The van der Waals surface area contributed by atoms with Crippen molar-refractivity contribution in [3.8, 4) is 0 Å². The first-order chi connectivity index (χ1) is 7.95. The standard InChI is InChI=1S/C13H28O3Si/c1-10(2)8-12(9-11(3)4)6-7-13(14)16-17-15-5/h10-12H,6-9,17H2,1-5H3. The lowest BCUT2D eigenvalue weighted by Crippen LogP contribution is -2.14. The summed E-state index contributed by atoms with van der Waals surface area (Å²) in [5.74, 6) is 1.95. The molecule has 0 aliphatic heterocycles. The SMILES string of the molecule is CO[SiH2]OC(=O)CCC(CC(C)C)CC(C)C. The molecule has 4 heteroatoms. The Morgan fingerprint density at radius 3 is 2.06 bits per heavy atom. The zero-order valence-corrected chi connectivity index (χ0v) is 13.4. The molecule has 0 aliphatic rings. The van der Waals surface area contributed by atoms with Crippen molar-refractivity contribution in [3.05, 3.63) is 0 Å². The molecule has 0 aromatic heterocycles. The summed E-state index contributed by atoms with van der Waals surface area (Å²) in [6.45, 7) is 8.96. The number of rotatable bonds is 9. The third-order valence-corrected chi connectivity index (χ3v) is 3.38. The van der Waals surface area contributed by atoms with Crippen LogP contribution in [0.2, 0.25) is 0 Å². The third kappa shape index (κ3) is 10.5. The Morgan fingerprint density at radius 1 is 1.12 bits per heavy atom. The molecule has 0 heterocycles. The van der Waals surface area contributed by atoms with Crippen molar-refractivity contribution < 1.29 is 13.6 Å². The molecule has 0 aromatic carbocycles. The van der Waals surface area contributed by atoms with Gasteiger partial charge in [-0.3, -0.25) is 4.79 Å². The molecule has 0 radical (unpaired) electrons. The Morgan fingerprint density at radius 2 is 1.65 bits per heavy atom. The van der Waals surface area contributed by atoms with Crippen LogP contribution in [0.1, 0.15) is 53.4 Å². The maximum Gasteiger partial charge on any atom is 0.368 e. The summed E-state index contributed by atoms with van der Waals surface area (Å²) in [7, 11) is 0.519. The number of carbonyl (C=O) groups is 1. The van der Waals surface area contributed by atoms with E-state index < -0.39 is 10.0 Å². The van der Waals surface area contributed by atoms with Crippen molar-refractivity contribution in [2.24, 2.45) is 17.8 Å². The summed E-state index contributed by atoms with van der Waals surface area (Å²) >= 11 is 0. The van der Waals surface area contributed by atoms with Crippen molar-refractivity contribution in [1.82, 2.24) is 0 Å². The Hall–Kier alpha value is -0.353. The van der Waals surface area contributed by atoms with Crippen molar-refractivity contribution in [2.45, 2.75) is 53.4 Å². The highest BCUT2D eigenvalue weighted by molar-refractivity contribution is 6.22. The minimum atomic E-state index is -1.06. The van der Waals surface area contributed by atoms with Crippen LogP contribution in [0, 0.1) is 17.8 Å². The van der Waals surface area contributed by atoms with E-state index in [0.29, 0.717) is 24.2 Å². The molecule has 0 saturated carbocycles. The lowest BCUT2D eigenvalue weighted by molar-refractivity contribution is -0.135. The Balaban J connectivity index is 3.93. The van der Waals surface area contributed by atoms with Gasteiger partial charge in [-0.05, 0) is 37.0 Å². The predicted octanol–water partition coefficient (Wildman–Crippen LogP) is 2.66. The van der Waals surface area contributed by atoms with Crippen molar-refractivity contribution in [3.63, 3.8) is 0 Å². The molecular weight excluding hydrogens is 232 g/mol. The van der Waals surface area contributed by atoms with Crippen LogP contribution in [0.5, 0.6) is 0 Å². The summed E-state index contributed by atoms with van der Waals surface area (Å²) in [4.78, 5) is 11.4. The molecule has 0 saturated heterocycles. The largest absolute Gasteiger partial charge is 0.499 e. The summed E-state index contributed by atoms with van der Waals surface area (Å²) in [6, 6.07) is 0. The van der Waals surface area contributed by atoms with Gasteiger partial charge in [0.25, 0.3) is 5.97 Å². The van der Waals surface area contributed by atoms with Crippen LogP contribution in [-0.2, 0) is 13.6 Å².